The van der Waals surface area contributed by atoms with Gasteiger partial charge in [0.1, 0.15) is 16.2 Å². The number of anilines is 1. The molecule has 0 saturated heterocycles. The van der Waals surface area contributed by atoms with Crippen molar-refractivity contribution in [3.8, 4) is 28.7 Å². The SMILES string of the molecule is C.C=C.CC.COc1nc(-c2ccccn2)nc2c(-c3cccc(N)n3)csc12. The van der Waals surface area contributed by atoms with Gasteiger partial charge >= 0.3 is 0 Å². The number of hydrogen-bond donors (Lipinski definition) is 1. The van der Waals surface area contributed by atoms with Crippen LogP contribution in [0.1, 0.15) is 21.3 Å². The predicted molar refractivity (Wildman–Crippen MR) is 124 cm³/mol. The molecule has 0 aliphatic carbocycles. The molecule has 6 nitrogen and oxygen atoms in total. The number of nitrogens with zero attached hydrogens (tertiary/aromatic N) is 4. The van der Waals surface area contributed by atoms with Gasteiger partial charge < -0.3 is 10.5 Å². The fourth-order valence-corrected chi connectivity index (χ4v) is 3.39. The number of pyridine rings is 2. The summed E-state index contributed by atoms with van der Waals surface area (Å²) >= 11 is 1.52. The molecule has 2 N–H and O–H groups in total. The van der Waals surface area contributed by atoms with Crippen LogP contribution in [-0.2, 0) is 0 Å². The van der Waals surface area contributed by atoms with E-state index < -0.39 is 0 Å². The molecule has 0 bridgehead atoms. The molecule has 7 heteroatoms. The van der Waals surface area contributed by atoms with Crippen LogP contribution in [-0.4, -0.2) is 27.0 Å². The monoisotopic (exact) mass is 409 g/mol. The van der Waals surface area contributed by atoms with Crippen LogP contribution in [0.25, 0.3) is 33.0 Å². The number of methoxy groups -OCH3 is 1. The van der Waals surface area contributed by atoms with E-state index in [9.17, 15) is 0 Å². The molecule has 0 saturated carbocycles. The van der Waals surface area contributed by atoms with Crippen molar-refractivity contribution in [1.82, 2.24) is 19.9 Å². The summed E-state index contributed by atoms with van der Waals surface area (Å²) in [7, 11) is 1.60. The van der Waals surface area contributed by atoms with Gasteiger partial charge in [0, 0.05) is 17.1 Å². The Morgan fingerprint density at radius 3 is 2.31 bits per heavy atom. The van der Waals surface area contributed by atoms with E-state index in [0.717, 1.165) is 21.5 Å². The molecule has 0 fully saturated rings. The Bertz CT molecular complexity index is 1030. The second-order valence-corrected chi connectivity index (χ2v) is 5.93. The van der Waals surface area contributed by atoms with E-state index in [4.69, 9.17) is 15.5 Å². The summed E-state index contributed by atoms with van der Waals surface area (Å²) in [4.78, 5) is 17.9. The summed E-state index contributed by atoms with van der Waals surface area (Å²) in [5.41, 5.74) is 8.96. The Morgan fingerprint density at radius 2 is 1.69 bits per heavy atom. The minimum Gasteiger partial charge on any atom is -0.480 e. The number of ether oxygens (including phenoxy) is 1. The Morgan fingerprint density at radius 1 is 0.966 bits per heavy atom. The summed E-state index contributed by atoms with van der Waals surface area (Å²) in [6.07, 6.45) is 1.71. The van der Waals surface area contributed by atoms with Crippen molar-refractivity contribution in [3.05, 3.63) is 61.1 Å². The quantitative estimate of drug-likeness (QED) is 0.426. The van der Waals surface area contributed by atoms with Crippen LogP contribution in [0, 0.1) is 0 Å². The molecule has 0 aliphatic rings. The van der Waals surface area contributed by atoms with Gasteiger partial charge in [0.15, 0.2) is 5.82 Å². The normalized spacial score (nSPS) is 9.34. The number of rotatable bonds is 3. The number of nitrogen functional groups attached to an aromatic ring is 1. The molecule has 0 atom stereocenters. The molecule has 0 aromatic carbocycles. The van der Waals surface area contributed by atoms with E-state index in [-0.39, 0.29) is 7.43 Å². The third kappa shape index (κ3) is 5.14. The molecule has 0 amide bonds. The summed E-state index contributed by atoms with van der Waals surface area (Å²) in [6, 6.07) is 11.2. The summed E-state index contributed by atoms with van der Waals surface area (Å²) < 4.78 is 6.32. The fraction of sp³-hybridized carbons (Fsp3) is 0.182. The van der Waals surface area contributed by atoms with Gasteiger partial charge in [-0.15, -0.1) is 24.5 Å². The second kappa shape index (κ2) is 11.5. The smallest absolute Gasteiger partial charge is 0.235 e. The van der Waals surface area contributed by atoms with Gasteiger partial charge in [0.05, 0.1) is 18.3 Å². The highest BCUT2D eigenvalue weighted by atomic mass is 32.1. The lowest BCUT2D eigenvalue weighted by molar-refractivity contribution is 0.404. The summed E-state index contributed by atoms with van der Waals surface area (Å²) in [6.45, 7) is 10.0. The first kappa shape index (κ1) is 23.7. The molecule has 0 aliphatic heterocycles. The van der Waals surface area contributed by atoms with E-state index in [1.165, 1.54) is 11.3 Å². The first-order valence-corrected chi connectivity index (χ1v) is 9.62. The van der Waals surface area contributed by atoms with Crippen molar-refractivity contribution in [2.75, 3.05) is 12.8 Å². The molecule has 4 aromatic heterocycles. The number of nitrogens with two attached hydrogens (primary N) is 1. The highest BCUT2D eigenvalue weighted by molar-refractivity contribution is 7.18. The van der Waals surface area contributed by atoms with Crippen LogP contribution in [0.5, 0.6) is 5.88 Å². The molecular weight excluding hydrogens is 382 g/mol. The highest BCUT2D eigenvalue weighted by Gasteiger charge is 2.17. The molecular formula is C22H27N5OS. The average molecular weight is 410 g/mol. The number of fused-ring (bicyclic) bond motifs is 1. The maximum absolute atomic E-state index is 5.81. The van der Waals surface area contributed by atoms with Crippen LogP contribution in [0.2, 0.25) is 0 Å². The van der Waals surface area contributed by atoms with E-state index in [2.05, 4.69) is 28.1 Å². The lowest BCUT2D eigenvalue weighted by Gasteiger charge is -2.05. The van der Waals surface area contributed by atoms with Crippen molar-refractivity contribution < 1.29 is 4.74 Å². The van der Waals surface area contributed by atoms with Gasteiger partial charge in [-0.3, -0.25) is 4.98 Å². The number of hydrogen-bond acceptors (Lipinski definition) is 7. The average Bonchev–Trinajstić information content (AvgIpc) is 3.20. The topological polar surface area (TPSA) is 86.8 Å². The Hall–Kier alpha value is -3.32. The van der Waals surface area contributed by atoms with Crippen LogP contribution in [0.3, 0.4) is 0 Å². The van der Waals surface area contributed by atoms with E-state index in [1.54, 1.807) is 19.4 Å². The van der Waals surface area contributed by atoms with Crippen molar-refractivity contribution in [3.63, 3.8) is 0 Å². The van der Waals surface area contributed by atoms with Gasteiger partial charge in [-0.25, -0.2) is 9.97 Å². The maximum atomic E-state index is 5.81. The van der Waals surface area contributed by atoms with Crippen LogP contribution < -0.4 is 10.5 Å². The van der Waals surface area contributed by atoms with Gasteiger partial charge in [-0.05, 0) is 24.3 Å². The maximum Gasteiger partial charge on any atom is 0.235 e. The van der Waals surface area contributed by atoms with Crippen molar-refractivity contribution >= 4 is 27.4 Å². The summed E-state index contributed by atoms with van der Waals surface area (Å²) in [5, 5.41) is 1.99. The van der Waals surface area contributed by atoms with Crippen molar-refractivity contribution in [1.29, 1.82) is 0 Å². The minimum atomic E-state index is 0. The van der Waals surface area contributed by atoms with Crippen LogP contribution in [0.15, 0.2) is 61.1 Å². The highest BCUT2D eigenvalue weighted by Crippen LogP contribution is 2.37. The van der Waals surface area contributed by atoms with Crippen LogP contribution >= 0.6 is 11.3 Å². The zero-order valence-corrected chi connectivity index (χ0v) is 17.0. The molecule has 0 radical (unpaired) electrons. The van der Waals surface area contributed by atoms with Gasteiger partial charge in [0.25, 0.3) is 0 Å². The Balaban J connectivity index is 0.000000794. The fourth-order valence-electron chi connectivity index (χ4n) is 2.42. The zero-order valence-electron chi connectivity index (χ0n) is 16.2. The zero-order chi connectivity index (χ0) is 20.5. The largest absolute Gasteiger partial charge is 0.480 e. The van der Waals surface area contributed by atoms with Gasteiger partial charge in [0.2, 0.25) is 5.88 Å². The van der Waals surface area contributed by atoms with Gasteiger partial charge in [-0.2, -0.15) is 4.98 Å². The predicted octanol–water partition coefficient (Wildman–Crippen LogP) is 5.87. The lowest BCUT2D eigenvalue weighted by Crippen LogP contribution is -1.96. The third-order valence-corrected chi connectivity index (χ3v) is 4.48. The minimum absolute atomic E-state index is 0. The summed E-state index contributed by atoms with van der Waals surface area (Å²) in [5.74, 6) is 1.52. The third-order valence-electron chi connectivity index (χ3n) is 3.52. The van der Waals surface area contributed by atoms with Crippen molar-refractivity contribution in [2.24, 2.45) is 0 Å². The molecule has 4 heterocycles. The second-order valence-electron chi connectivity index (χ2n) is 5.05. The standard InChI is InChI=1S/C17H13N5OS.C2H6.C2H4.CH4/c1-23-17-15-14(21-16(22-17)12-5-2-3-8-19-12)10(9-24-15)11-6-4-7-13(18)20-11;2*1-2;/h2-9H,1H3,(H2,18,20);1-2H3;1-2H2;1H4. The molecule has 152 valence electrons. The Kier molecular flexibility index (Phi) is 9.41. The van der Waals surface area contributed by atoms with E-state index in [0.29, 0.717) is 23.2 Å². The molecule has 4 aromatic rings. The first-order valence-electron chi connectivity index (χ1n) is 8.74. The van der Waals surface area contributed by atoms with Crippen molar-refractivity contribution in [2.45, 2.75) is 21.3 Å². The first-order chi connectivity index (χ1) is 13.8. The van der Waals surface area contributed by atoms with Crippen LogP contribution in [0.4, 0.5) is 5.82 Å². The van der Waals surface area contributed by atoms with E-state index in [1.807, 2.05) is 49.6 Å². The molecule has 29 heavy (non-hydrogen) atoms. The lowest BCUT2D eigenvalue weighted by atomic mass is 10.2. The molecule has 0 spiro atoms. The molecule has 4 rings (SSSR count). The molecule has 0 unspecified atom stereocenters. The number of aromatic nitrogens is 4. The van der Waals surface area contributed by atoms with E-state index >= 15 is 0 Å². The van der Waals surface area contributed by atoms with Gasteiger partial charge in [-0.1, -0.05) is 33.4 Å². The Labute approximate surface area is 176 Å². The number of thiophene rings is 1.